The van der Waals surface area contributed by atoms with E-state index < -0.39 is 22.2 Å². The molecule has 0 spiro atoms. The van der Waals surface area contributed by atoms with Crippen LogP contribution in [-0.4, -0.2) is 24.9 Å². The van der Waals surface area contributed by atoms with E-state index in [1.807, 2.05) is 49.4 Å². The van der Waals surface area contributed by atoms with Crippen LogP contribution in [0.5, 0.6) is 0 Å². The molecule has 1 unspecified atom stereocenters. The summed E-state index contributed by atoms with van der Waals surface area (Å²) in [4.78, 5) is 0.118. The standard InChI is InChI=1S/C26H27NO4S/c1-20-13-17-24(18-14-20)27-32(30,31)25-12-6-10-22(19-25)9-5-11-23(26(28)29)16-15-21-7-3-2-4-8-21/h2-4,6-8,10,12-14,17-19,23,26-29H,11,15-16H2,1H3. The molecule has 0 saturated carbocycles. The zero-order chi connectivity index (χ0) is 23.0. The third-order valence-electron chi connectivity index (χ3n) is 5.11. The summed E-state index contributed by atoms with van der Waals surface area (Å²) in [6, 6.07) is 23.4. The predicted molar refractivity (Wildman–Crippen MR) is 126 cm³/mol. The molecule has 0 aliphatic carbocycles. The molecule has 6 heteroatoms. The average molecular weight is 450 g/mol. The number of nitrogens with one attached hydrogen (secondary N) is 1. The molecule has 3 aromatic rings. The second kappa shape index (κ2) is 11.0. The fourth-order valence-corrected chi connectivity index (χ4v) is 4.32. The number of anilines is 1. The molecule has 1 atom stereocenters. The second-order valence-corrected chi connectivity index (χ2v) is 9.39. The van der Waals surface area contributed by atoms with Gasteiger partial charge in [-0.2, -0.15) is 0 Å². The molecule has 0 heterocycles. The first kappa shape index (κ1) is 23.6. The van der Waals surface area contributed by atoms with E-state index in [4.69, 9.17) is 0 Å². The van der Waals surface area contributed by atoms with Gasteiger partial charge < -0.3 is 10.2 Å². The quantitative estimate of drug-likeness (QED) is 0.357. The van der Waals surface area contributed by atoms with Crippen LogP contribution in [-0.2, 0) is 16.4 Å². The molecular weight excluding hydrogens is 422 g/mol. The summed E-state index contributed by atoms with van der Waals surface area (Å²) in [5, 5.41) is 19.4. The molecule has 0 aliphatic rings. The SMILES string of the molecule is Cc1ccc(NS(=O)(=O)c2cccc(C#CCC(CCc3ccccc3)C(O)O)c2)cc1. The van der Waals surface area contributed by atoms with Gasteiger partial charge in [-0.15, -0.1) is 0 Å². The Morgan fingerprint density at radius 1 is 0.938 bits per heavy atom. The maximum atomic E-state index is 12.7. The molecule has 0 saturated heterocycles. The second-order valence-electron chi connectivity index (χ2n) is 7.70. The summed E-state index contributed by atoms with van der Waals surface area (Å²) < 4.78 is 28.0. The van der Waals surface area contributed by atoms with Crippen LogP contribution < -0.4 is 4.72 Å². The zero-order valence-corrected chi connectivity index (χ0v) is 18.7. The van der Waals surface area contributed by atoms with Gasteiger partial charge in [-0.3, -0.25) is 4.72 Å². The van der Waals surface area contributed by atoms with E-state index >= 15 is 0 Å². The highest BCUT2D eigenvalue weighted by atomic mass is 32.2. The van der Waals surface area contributed by atoms with E-state index in [2.05, 4.69) is 16.6 Å². The van der Waals surface area contributed by atoms with Crippen LogP contribution >= 0.6 is 0 Å². The molecule has 3 aromatic carbocycles. The van der Waals surface area contributed by atoms with Gasteiger partial charge in [0.15, 0.2) is 6.29 Å². The number of hydrogen-bond donors (Lipinski definition) is 3. The molecule has 3 N–H and O–H groups in total. The first-order valence-electron chi connectivity index (χ1n) is 10.4. The fraction of sp³-hybridized carbons (Fsp3) is 0.231. The van der Waals surface area contributed by atoms with Crippen molar-refractivity contribution in [2.75, 3.05) is 4.72 Å². The number of rotatable bonds is 8. The highest BCUT2D eigenvalue weighted by molar-refractivity contribution is 7.92. The minimum absolute atomic E-state index is 0.118. The van der Waals surface area contributed by atoms with Gasteiger partial charge in [-0.1, -0.05) is 65.9 Å². The molecule has 0 fully saturated rings. The Balaban J connectivity index is 1.66. The predicted octanol–water partition coefficient (Wildman–Crippen LogP) is 4.10. The first-order chi connectivity index (χ1) is 15.3. The van der Waals surface area contributed by atoms with Crippen molar-refractivity contribution >= 4 is 15.7 Å². The minimum atomic E-state index is -3.74. The summed E-state index contributed by atoms with van der Waals surface area (Å²) in [6.07, 6.45) is 0.149. The van der Waals surface area contributed by atoms with Gasteiger partial charge in [0, 0.05) is 23.6 Å². The van der Waals surface area contributed by atoms with Crippen molar-refractivity contribution in [3.63, 3.8) is 0 Å². The van der Waals surface area contributed by atoms with Gasteiger partial charge in [0.2, 0.25) is 0 Å². The fourth-order valence-electron chi connectivity index (χ4n) is 3.21. The third kappa shape index (κ3) is 6.96. The first-order valence-corrected chi connectivity index (χ1v) is 11.9. The van der Waals surface area contributed by atoms with Crippen molar-refractivity contribution in [1.82, 2.24) is 0 Å². The van der Waals surface area contributed by atoms with Crippen LogP contribution in [0.3, 0.4) is 0 Å². The Labute approximate surface area is 189 Å². The summed E-state index contributed by atoms with van der Waals surface area (Å²) >= 11 is 0. The maximum Gasteiger partial charge on any atom is 0.261 e. The van der Waals surface area contributed by atoms with E-state index in [-0.39, 0.29) is 4.90 Å². The topological polar surface area (TPSA) is 86.6 Å². The lowest BCUT2D eigenvalue weighted by atomic mass is 9.96. The van der Waals surface area contributed by atoms with Gasteiger partial charge in [-0.25, -0.2) is 8.42 Å². The number of hydrogen-bond acceptors (Lipinski definition) is 4. The van der Waals surface area contributed by atoms with Crippen molar-refractivity contribution in [3.8, 4) is 11.8 Å². The van der Waals surface area contributed by atoms with E-state index in [9.17, 15) is 18.6 Å². The van der Waals surface area contributed by atoms with E-state index in [1.54, 1.807) is 24.3 Å². The molecule has 0 radical (unpaired) electrons. The molecule has 3 rings (SSSR count). The lowest BCUT2D eigenvalue weighted by Crippen LogP contribution is -2.20. The van der Waals surface area contributed by atoms with Gasteiger partial charge in [0.1, 0.15) is 0 Å². The van der Waals surface area contributed by atoms with Gasteiger partial charge >= 0.3 is 0 Å². The molecule has 0 bridgehead atoms. The van der Waals surface area contributed by atoms with Crippen molar-refractivity contribution in [1.29, 1.82) is 0 Å². The molecule has 32 heavy (non-hydrogen) atoms. The Morgan fingerprint density at radius 2 is 1.66 bits per heavy atom. The summed E-state index contributed by atoms with van der Waals surface area (Å²) in [5.41, 5.74) is 3.21. The Kier molecular flexibility index (Phi) is 8.07. The van der Waals surface area contributed by atoms with Crippen molar-refractivity contribution in [2.45, 2.75) is 37.4 Å². The lowest BCUT2D eigenvalue weighted by molar-refractivity contribution is -0.0841. The Morgan fingerprint density at radius 3 is 2.34 bits per heavy atom. The van der Waals surface area contributed by atoms with E-state index in [1.165, 1.54) is 12.1 Å². The molecule has 5 nitrogen and oxygen atoms in total. The molecule has 166 valence electrons. The molecule has 0 amide bonds. The maximum absolute atomic E-state index is 12.7. The normalized spacial score (nSPS) is 12.1. The summed E-state index contributed by atoms with van der Waals surface area (Å²) in [5.74, 6) is 5.53. The van der Waals surface area contributed by atoms with Gasteiger partial charge in [-0.05, 0) is 55.7 Å². The van der Waals surface area contributed by atoms with Crippen LogP contribution in [0.25, 0.3) is 0 Å². The minimum Gasteiger partial charge on any atom is -0.368 e. The largest absolute Gasteiger partial charge is 0.368 e. The summed E-state index contributed by atoms with van der Waals surface area (Å²) in [7, 11) is -3.74. The monoisotopic (exact) mass is 449 g/mol. The number of sulfonamides is 1. The highest BCUT2D eigenvalue weighted by Crippen LogP contribution is 2.18. The average Bonchev–Trinajstić information content (AvgIpc) is 2.78. The van der Waals surface area contributed by atoms with E-state index in [0.29, 0.717) is 24.1 Å². The van der Waals surface area contributed by atoms with Crippen LogP contribution in [0.1, 0.15) is 29.5 Å². The van der Waals surface area contributed by atoms with Crippen molar-refractivity contribution in [2.24, 2.45) is 5.92 Å². The number of aryl methyl sites for hydroxylation is 2. The van der Waals surface area contributed by atoms with Crippen molar-refractivity contribution in [3.05, 3.63) is 95.6 Å². The number of aliphatic hydroxyl groups excluding tert-OH is 1. The molecule has 0 aromatic heterocycles. The summed E-state index contributed by atoms with van der Waals surface area (Å²) in [6.45, 7) is 1.93. The lowest BCUT2D eigenvalue weighted by Gasteiger charge is -2.16. The van der Waals surface area contributed by atoms with Crippen LogP contribution in [0, 0.1) is 24.7 Å². The Bertz CT molecular complexity index is 1180. The highest BCUT2D eigenvalue weighted by Gasteiger charge is 2.16. The van der Waals surface area contributed by atoms with Gasteiger partial charge in [0.05, 0.1) is 4.90 Å². The van der Waals surface area contributed by atoms with Crippen LogP contribution in [0.2, 0.25) is 0 Å². The smallest absolute Gasteiger partial charge is 0.261 e. The van der Waals surface area contributed by atoms with Crippen LogP contribution in [0.15, 0.2) is 83.8 Å². The molecule has 0 aliphatic heterocycles. The van der Waals surface area contributed by atoms with Crippen molar-refractivity contribution < 1.29 is 18.6 Å². The zero-order valence-electron chi connectivity index (χ0n) is 17.9. The van der Waals surface area contributed by atoms with E-state index in [0.717, 1.165) is 17.5 Å². The third-order valence-corrected chi connectivity index (χ3v) is 6.49. The Hall–Kier alpha value is -3.11. The number of aliphatic hydroxyl groups is 2. The van der Waals surface area contributed by atoms with Crippen LogP contribution in [0.4, 0.5) is 5.69 Å². The van der Waals surface area contributed by atoms with Gasteiger partial charge in [0.25, 0.3) is 10.0 Å². The molecular formula is C26H27NO4S. The number of benzene rings is 3.